The molecule has 0 saturated carbocycles. The molecule has 0 radical (unpaired) electrons. The van der Waals surface area contributed by atoms with Crippen LogP contribution in [0.1, 0.15) is 13.8 Å². The number of hydrogen-bond acceptors (Lipinski definition) is 5. The number of thioether (sulfide) groups is 1. The molecular formula is C15H18N2O3S. The summed E-state index contributed by atoms with van der Waals surface area (Å²) in [4.78, 5) is 16.4. The van der Waals surface area contributed by atoms with Gasteiger partial charge in [-0.15, -0.1) is 0 Å². The van der Waals surface area contributed by atoms with Crippen molar-refractivity contribution in [1.29, 1.82) is 0 Å². The summed E-state index contributed by atoms with van der Waals surface area (Å²) < 4.78 is 6.77. The molecule has 0 aliphatic carbocycles. The van der Waals surface area contributed by atoms with E-state index in [1.807, 2.05) is 12.1 Å². The molecule has 6 heteroatoms. The summed E-state index contributed by atoms with van der Waals surface area (Å²) in [5.41, 5.74) is 0.280. The summed E-state index contributed by atoms with van der Waals surface area (Å²) in [6, 6.07) is 8.34. The second-order valence-electron chi connectivity index (χ2n) is 4.95. The van der Waals surface area contributed by atoms with Crippen molar-refractivity contribution in [3.8, 4) is 17.3 Å². The molecule has 0 atom stereocenters. The van der Waals surface area contributed by atoms with Crippen LogP contribution in [0.25, 0.3) is 5.69 Å². The first-order valence-corrected chi connectivity index (χ1v) is 7.60. The van der Waals surface area contributed by atoms with Crippen LogP contribution in [0.3, 0.4) is 0 Å². The largest absolute Gasteiger partial charge is 0.495 e. The van der Waals surface area contributed by atoms with Gasteiger partial charge in [0.25, 0.3) is 5.56 Å². The maximum absolute atomic E-state index is 12.3. The number of rotatable bonds is 5. The molecule has 5 nitrogen and oxygen atoms in total. The number of ether oxygens (including phenoxy) is 1. The molecule has 0 unspecified atom stereocenters. The molecule has 0 spiro atoms. The van der Waals surface area contributed by atoms with Crippen molar-refractivity contribution < 1.29 is 9.84 Å². The Labute approximate surface area is 127 Å². The van der Waals surface area contributed by atoms with Gasteiger partial charge in [0.2, 0.25) is 5.88 Å². The second kappa shape index (κ2) is 6.67. The first-order chi connectivity index (χ1) is 10.0. The number of hydrogen-bond donors (Lipinski definition) is 1. The highest BCUT2D eigenvalue weighted by Gasteiger charge is 2.14. The zero-order valence-corrected chi connectivity index (χ0v) is 13.1. The van der Waals surface area contributed by atoms with Gasteiger partial charge in [-0.2, -0.15) is 4.98 Å². The van der Waals surface area contributed by atoms with Crippen molar-refractivity contribution in [2.24, 2.45) is 5.92 Å². The van der Waals surface area contributed by atoms with Gasteiger partial charge in [-0.25, -0.2) is 0 Å². The zero-order valence-electron chi connectivity index (χ0n) is 12.2. The number of benzene rings is 1. The van der Waals surface area contributed by atoms with Crippen LogP contribution in [0.2, 0.25) is 0 Å². The Morgan fingerprint density at radius 2 is 2.10 bits per heavy atom. The van der Waals surface area contributed by atoms with Crippen molar-refractivity contribution in [1.82, 2.24) is 9.55 Å². The van der Waals surface area contributed by atoms with E-state index in [9.17, 15) is 9.90 Å². The van der Waals surface area contributed by atoms with Crippen LogP contribution in [0.5, 0.6) is 11.6 Å². The van der Waals surface area contributed by atoms with Gasteiger partial charge in [0.1, 0.15) is 5.75 Å². The lowest BCUT2D eigenvalue weighted by Gasteiger charge is -2.15. The van der Waals surface area contributed by atoms with Crippen LogP contribution in [0, 0.1) is 5.92 Å². The molecule has 0 fully saturated rings. The molecule has 0 amide bonds. The molecule has 112 valence electrons. The van der Waals surface area contributed by atoms with Gasteiger partial charge < -0.3 is 9.84 Å². The highest BCUT2D eigenvalue weighted by atomic mass is 32.2. The molecule has 1 aromatic heterocycles. The molecular weight excluding hydrogens is 288 g/mol. The van der Waals surface area contributed by atoms with E-state index in [0.717, 1.165) is 11.8 Å². The summed E-state index contributed by atoms with van der Waals surface area (Å²) >= 11 is 1.43. The monoisotopic (exact) mass is 306 g/mol. The van der Waals surface area contributed by atoms with E-state index in [4.69, 9.17) is 4.74 Å². The lowest BCUT2D eigenvalue weighted by Crippen LogP contribution is -2.21. The van der Waals surface area contributed by atoms with Crippen molar-refractivity contribution in [2.75, 3.05) is 12.9 Å². The van der Waals surface area contributed by atoms with Crippen molar-refractivity contribution >= 4 is 11.8 Å². The Morgan fingerprint density at radius 3 is 2.76 bits per heavy atom. The van der Waals surface area contributed by atoms with Crippen LogP contribution in [-0.2, 0) is 0 Å². The third-order valence-corrected chi connectivity index (χ3v) is 4.11. The summed E-state index contributed by atoms with van der Waals surface area (Å²) in [6.07, 6.45) is 0. The number of aromatic nitrogens is 2. The minimum Gasteiger partial charge on any atom is -0.495 e. The lowest BCUT2D eigenvalue weighted by atomic mass is 10.3. The number of nitrogens with zero attached hydrogens (tertiary/aromatic N) is 2. The first-order valence-electron chi connectivity index (χ1n) is 6.62. The van der Waals surface area contributed by atoms with E-state index in [-0.39, 0.29) is 11.4 Å². The van der Waals surface area contributed by atoms with Crippen LogP contribution in [0.4, 0.5) is 0 Å². The maximum Gasteiger partial charge on any atom is 0.262 e. The third kappa shape index (κ3) is 3.58. The van der Waals surface area contributed by atoms with Crippen LogP contribution < -0.4 is 10.3 Å². The van der Waals surface area contributed by atoms with E-state index < -0.39 is 0 Å². The molecule has 0 aliphatic heterocycles. The van der Waals surface area contributed by atoms with Gasteiger partial charge in [-0.05, 0) is 18.1 Å². The summed E-state index contributed by atoms with van der Waals surface area (Å²) in [7, 11) is 1.55. The SMILES string of the molecule is COc1ccccc1-n1c(SCC(C)C)nc(O)cc1=O. The maximum atomic E-state index is 12.3. The van der Waals surface area contributed by atoms with Gasteiger partial charge in [0.05, 0.1) is 18.9 Å². The Hall–Kier alpha value is -1.95. The van der Waals surface area contributed by atoms with E-state index >= 15 is 0 Å². The normalized spacial score (nSPS) is 10.9. The fourth-order valence-corrected chi connectivity index (χ4v) is 2.78. The predicted molar refractivity (Wildman–Crippen MR) is 83.6 cm³/mol. The minimum atomic E-state index is -0.335. The van der Waals surface area contributed by atoms with Crippen molar-refractivity contribution in [2.45, 2.75) is 19.0 Å². The van der Waals surface area contributed by atoms with E-state index in [0.29, 0.717) is 22.5 Å². The van der Waals surface area contributed by atoms with Gasteiger partial charge in [-0.1, -0.05) is 37.7 Å². The Balaban J connectivity index is 2.58. The average Bonchev–Trinajstić information content (AvgIpc) is 2.44. The smallest absolute Gasteiger partial charge is 0.262 e. The fraction of sp³-hybridized carbons (Fsp3) is 0.333. The van der Waals surface area contributed by atoms with Crippen molar-refractivity contribution in [3.05, 3.63) is 40.7 Å². The molecule has 0 saturated heterocycles. The zero-order chi connectivity index (χ0) is 15.4. The Morgan fingerprint density at radius 1 is 1.38 bits per heavy atom. The van der Waals surface area contributed by atoms with Crippen LogP contribution >= 0.6 is 11.8 Å². The second-order valence-corrected chi connectivity index (χ2v) is 5.93. The predicted octanol–water partition coefficient (Wildman–Crippen LogP) is 2.69. The summed E-state index contributed by atoms with van der Waals surface area (Å²) in [6.45, 7) is 4.17. The topological polar surface area (TPSA) is 64.3 Å². The van der Waals surface area contributed by atoms with Crippen LogP contribution in [0.15, 0.2) is 40.3 Å². The van der Waals surface area contributed by atoms with Gasteiger partial charge in [-0.3, -0.25) is 9.36 Å². The quantitative estimate of drug-likeness (QED) is 0.679. The molecule has 1 heterocycles. The molecule has 2 aromatic rings. The Kier molecular flexibility index (Phi) is 4.90. The summed E-state index contributed by atoms with van der Waals surface area (Å²) in [5.74, 6) is 1.56. The standard InChI is InChI=1S/C15H18N2O3S/c1-10(2)9-21-15-16-13(18)8-14(19)17(15)11-6-4-5-7-12(11)20-3/h4-8,10,18H,9H2,1-3H3. The fourth-order valence-electron chi connectivity index (χ4n) is 1.82. The third-order valence-electron chi connectivity index (χ3n) is 2.75. The van der Waals surface area contributed by atoms with Crippen molar-refractivity contribution in [3.63, 3.8) is 0 Å². The summed E-state index contributed by atoms with van der Waals surface area (Å²) in [5, 5.41) is 10.0. The van der Waals surface area contributed by atoms with Crippen LogP contribution in [-0.4, -0.2) is 27.5 Å². The molecule has 1 N–H and O–H groups in total. The molecule has 0 bridgehead atoms. The minimum absolute atomic E-state index is 0.266. The molecule has 21 heavy (non-hydrogen) atoms. The number of para-hydroxylation sites is 2. The Bertz CT molecular complexity index is 683. The number of methoxy groups -OCH3 is 1. The molecule has 1 aromatic carbocycles. The van der Waals surface area contributed by atoms with E-state index in [1.165, 1.54) is 16.3 Å². The van der Waals surface area contributed by atoms with Gasteiger partial charge in [0, 0.05) is 5.75 Å². The first kappa shape index (κ1) is 15.4. The van der Waals surface area contributed by atoms with Gasteiger partial charge in [0.15, 0.2) is 5.16 Å². The molecule has 2 rings (SSSR count). The highest BCUT2D eigenvalue weighted by molar-refractivity contribution is 7.99. The average molecular weight is 306 g/mol. The highest BCUT2D eigenvalue weighted by Crippen LogP contribution is 2.27. The van der Waals surface area contributed by atoms with E-state index in [2.05, 4.69) is 18.8 Å². The lowest BCUT2D eigenvalue weighted by molar-refractivity contribution is 0.409. The van der Waals surface area contributed by atoms with E-state index in [1.54, 1.807) is 19.2 Å². The van der Waals surface area contributed by atoms with Gasteiger partial charge >= 0.3 is 0 Å². The molecule has 0 aliphatic rings. The number of aromatic hydroxyl groups is 1.